The van der Waals surface area contributed by atoms with Crippen LogP contribution in [0.5, 0.6) is 0 Å². The molecular weight excluding hydrogens is 300 g/mol. The fourth-order valence-corrected chi connectivity index (χ4v) is 3.76. The summed E-state index contributed by atoms with van der Waals surface area (Å²) in [7, 11) is -3.25. The van der Waals surface area contributed by atoms with Gasteiger partial charge in [-0.3, -0.25) is 4.79 Å². The minimum absolute atomic E-state index is 0.0709. The van der Waals surface area contributed by atoms with Crippen LogP contribution in [0.25, 0.3) is 0 Å². The Labute approximate surface area is 122 Å². The average molecular weight is 318 g/mol. The van der Waals surface area contributed by atoms with Gasteiger partial charge in [0.25, 0.3) is 0 Å². The molecule has 2 rings (SSSR count). The standard InChI is InChI=1S/C12H18N2O6S/c1-2-14(10-6-20-5-9(10)11(15)16)12(17)13-8-3-4-21(18,19)7-8/h3-4,8-10H,2,5-7H2,1H3,(H,13,17)(H,15,16). The number of sulfone groups is 1. The van der Waals surface area contributed by atoms with Gasteiger partial charge in [0.15, 0.2) is 9.84 Å². The Kier molecular flexibility index (Phi) is 4.52. The van der Waals surface area contributed by atoms with E-state index in [-0.39, 0.29) is 19.0 Å². The number of hydrogen-bond donors (Lipinski definition) is 2. The number of nitrogens with zero attached hydrogens (tertiary/aromatic N) is 1. The molecule has 0 saturated carbocycles. The van der Waals surface area contributed by atoms with E-state index >= 15 is 0 Å². The van der Waals surface area contributed by atoms with Crippen molar-refractivity contribution in [3.8, 4) is 0 Å². The van der Waals surface area contributed by atoms with Gasteiger partial charge in [0, 0.05) is 12.0 Å². The monoisotopic (exact) mass is 318 g/mol. The number of carboxylic acid groups (broad SMARTS) is 1. The molecule has 2 aliphatic heterocycles. The van der Waals surface area contributed by atoms with Crippen LogP contribution in [0.4, 0.5) is 4.79 Å². The SMILES string of the molecule is CCN(C(=O)NC1C=CS(=O)(=O)C1)C1COCC1C(=O)O. The van der Waals surface area contributed by atoms with E-state index < -0.39 is 39.8 Å². The second kappa shape index (κ2) is 6.02. The highest BCUT2D eigenvalue weighted by atomic mass is 32.2. The third-order valence-electron chi connectivity index (χ3n) is 3.61. The molecule has 2 N–H and O–H groups in total. The fraction of sp³-hybridized carbons (Fsp3) is 0.667. The molecule has 0 spiro atoms. The van der Waals surface area contributed by atoms with Gasteiger partial charge in [0.05, 0.1) is 31.1 Å². The van der Waals surface area contributed by atoms with Crippen LogP contribution in [0.1, 0.15) is 6.92 Å². The van der Waals surface area contributed by atoms with Crippen LogP contribution in [-0.4, -0.2) is 68.0 Å². The Hall–Kier alpha value is -1.61. The van der Waals surface area contributed by atoms with Gasteiger partial charge in [0.2, 0.25) is 0 Å². The second-order valence-corrected chi connectivity index (χ2v) is 6.98. The van der Waals surface area contributed by atoms with Crippen LogP contribution in [-0.2, 0) is 19.4 Å². The number of aliphatic carboxylic acids is 1. The third-order valence-corrected chi connectivity index (χ3v) is 5.00. The minimum Gasteiger partial charge on any atom is -0.481 e. The number of rotatable bonds is 4. The van der Waals surface area contributed by atoms with E-state index in [1.54, 1.807) is 6.92 Å². The van der Waals surface area contributed by atoms with Gasteiger partial charge in [-0.15, -0.1) is 0 Å². The quantitative estimate of drug-likeness (QED) is 0.717. The summed E-state index contributed by atoms with van der Waals surface area (Å²) >= 11 is 0. The number of amides is 2. The van der Waals surface area contributed by atoms with Gasteiger partial charge >= 0.3 is 12.0 Å². The van der Waals surface area contributed by atoms with Crippen molar-refractivity contribution in [2.24, 2.45) is 5.92 Å². The molecule has 1 fully saturated rings. The number of carbonyl (C=O) groups is 2. The first-order valence-corrected chi connectivity index (χ1v) is 8.34. The summed E-state index contributed by atoms with van der Waals surface area (Å²) in [4.78, 5) is 24.8. The molecule has 0 radical (unpaired) electrons. The summed E-state index contributed by atoms with van der Waals surface area (Å²) in [5.41, 5.74) is 0. The van der Waals surface area contributed by atoms with Crippen LogP contribution >= 0.6 is 0 Å². The first-order valence-electron chi connectivity index (χ1n) is 6.62. The highest BCUT2D eigenvalue weighted by molar-refractivity contribution is 7.94. The van der Waals surface area contributed by atoms with Crippen molar-refractivity contribution in [3.63, 3.8) is 0 Å². The van der Waals surface area contributed by atoms with Crippen molar-refractivity contribution in [2.75, 3.05) is 25.5 Å². The smallest absolute Gasteiger partial charge is 0.318 e. The molecule has 2 heterocycles. The van der Waals surface area contributed by atoms with E-state index in [1.807, 2.05) is 0 Å². The number of likely N-dealkylation sites (N-methyl/N-ethyl adjacent to an activating group) is 1. The zero-order valence-corrected chi connectivity index (χ0v) is 12.4. The number of carbonyl (C=O) groups excluding carboxylic acids is 1. The van der Waals surface area contributed by atoms with Gasteiger partial charge < -0.3 is 20.1 Å². The third kappa shape index (κ3) is 3.53. The zero-order chi connectivity index (χ0) is 15.6. The van der Waals surface area contributed by atoms with Gasteiger partial charge in [-0.1, -0.05) is 0 Å². The zero-order valence-electron chi connectivity index (χ0n) is 11.6. The predicted octanol–water partition coefficient (Wildman–Crippen LogP) is -0.572. The van der Waals surface area contributed by atoms with Crippen LogP contribution in [0, 0.1) is 5.92 Å². The van der Waals surface area contributed by atoms with E-state index in [1.165, 1.54) is 11.0 Å². The molecule has 0 aromatic carbocycles. The van der Waals surface area contributed by atoms with E-state index in [9.17, 15) is 18.0 Å². The molecule has 0 aromatic rings. The molecule has 8 nitrogen and oxygen atoms in total. The van der Waals surface area contributed by atoms with Crippen molar-refractivity contribution in [2.45, 2.75) is 19.0 Å². The van der Waals surface area contributed by atoms with E-state index in [0.717, 1.165) is 5.41 Å². The number of ether oxygens (including phenoxy) is 1. The molecule has 0 bridgehead atoms. The molecular formula is C12H18N2O6S. The van der Waals surface area contributed by atoms with Crippen molar-refractivity contribution in [1.82, 2.24) is 10.2 Å². The molecule has 2 amide bonds. The normalized spacial score (nSPS) is 30.2. The maximum atomic E-state index is 12.2. The van der Waals surface area contributed by atoms with E-state index in [0.29, 0.717) is 6.54 Å². The molecule has 0 aromatic heterocycles. The maximum Gasteiger partial charge on any atom is 0.318 e. The Morgan fingerprint density at radius 1 is 1.43 bits per heavy atom. The minimum atomic E-state index is -3.25. The maximum absolute atomic E-state index is 12.2. The largest absolute Gasteiger partial charge is 0.481 e. The number of urea groups is 1. The van der Waals surface area contributed by atoms with Crippen molar-refractivity contribution in [1.29, 1.82) is 0 Å². The summed E-state index contributed by atoms with van der Waals surface area (Å²) < 4.78 is 27.8. The van der Waals surface area contributed by atoms with Gasteiger partial charge in [-0.2, -0.15) is 0 Å². The van der Waals surface area contributed by atoms with Crippen LogP contribution in [0.15, 0.2) is 11.5 Å². The van der Waals surface area contributed by atoms with Gasteiger partial charge in [-0.05, 0) is 13.0 Å². The molecule has 1 saturated heterocycles. The summed E-state index contributed by atoms with van der Waals surface area (Å²) in [5.74, 6) is -1.94. The number of nitrogens with one attached hydrogen (secondary N) is 1. The lowest BCUT2D eigenvalue weighted by atomic mass is 10.0. The lowest BCUT2D eigenvalue weighted by Crippen LogP contribution is -2.52. The number of hydrogen-bond acceptors (Lipinski definition) is 5. The topological polar surface area (TPSA) is 113 Å². The van der Waals surface area contributed by atoms with Crippen LogP contribution < -0.4 is 5.32 Å². The molecule has 9 heteroatoms. The Morgan fingerprint density at radius 3 is 2.67 bits per heavy atom. The molecule has 0 aliphatic carbocycles. The highest BCUT2D eigenvalue weighted by Crippen LogP contribution is 2.20. The average Bonchev–Trinajstić information content (AvgIpc) is 2.97. The molecule has 118 valence electrons. The van der Waals surface area contributed by atoms with Crippen LogP contribution in [0.3, 0.4) is 0 Å². The number of carboxylic acids is 1. The fourth-order valence-electron chi connectivity index (χ4n) is 2.52. The van der Waals surface area contributed by atoms with Crippen molar-refractivity contribution >= 4 is 21.8 Å². The Bertz CT molecular complexity index is 558. The summed E-state index contributed by atoms with van der Waals surface area (Å²) in [5, 5.41) is 12.8. The molecule has 21 heavy (non-hydrogen) atoms. The van der Waals surface area contributed by atoms with Crippen molar-refractivity contribution in [3.05, 3.63) is 11.5 Å². The lowest BCUT2D eigenvalue weighted by Gasteiger charge is -2.30. The molecule has 3 atom stereocenters. The predicted molar refractivity (Wildman–Crippen MR) is 73.4 cm³/mol. The summed E-state index contributed by atoms with van der Waals surface area (Å²) in [6.45, 7) is 2.28. The van der Waals surface area contributed by atoms with Gasteiger partial charge in [0.1, 0.15) is 5.92 Å². The summed E-state index contributed by atoms with van der Waals surface area (Å²) in [6.07, 6.45) is 1.42. The van der Waals surface area contributed by atoms with E-state index in [4.69, 9.17) is 9.84 Å². The Morgan fingerprint density at radius 2 is 2.14 bits per heavy atom. The second-order valence-electron chi connectivity index (χ2n) is 5.05. The first-order chi connectivity index (χ1) is 9.84. The van der Waals surface area contributed by atoms with E-state index in [2.05, 4.69) is 5.32 Å². The lowest BCUT2D eigenvalue weighted by molar-refractivity contribution is -0.142. The molecule has 2 aliphatic rings. The molecule has 3 unspecified atom stereocenters. The van der Waals surface area contributed by atoms with Crippen LogP contribution in [0.2, 0.25) is 0 Å². The summed E-state index contributed by atoms with van der Waals surface area (Å²) in [6, 6.07) is -1.61. The Balaban J connectivity index is 2.02. The highest BCUT2D eigenvalue weighted by Gasteiger charge is 2.40. The van der Waals surface area contributed by atoms with Crippen molar-refractivity contribution < 1.29 is 27.9 Å². The first kappa shape index (κ1) is 15.8. The van der Waals surface area contributed by atoms with Gasteiger partial charge in [-0.25, -0.2) is 13.2 Å².